The quantitative estimate of drug-likeness (QED) is 0.174. The maximum Gasteiger partial charge on any atom is 0.165 e. The zero-order valence-corrected chi connectivity index (χ0v) is 34.1. The van der Waals surface area contributed by atoms with Crippen LogP contribution in [0.2, 0.25) is 0 Å². The van der Waals surface area contributed by atoms with Crippen molar-refractivity contribution in [1.82, 2.24) is 19.5 Å². The Bertz CT molecular complexity index is 3930. The van der Waals surface area contributed by atoms with E-state index in [2.05, 4.69) is 193 Å². The second-order valence-corrected chi connectivity index (χ2v) is 17.0. The van der Waals surface area contributed by atoms with E-state index >= 15 is 0 Å². The van der Waals surface area contributed by atoms with E-state index in [4.69, 9.17) is 15.0 Å². The zero-order valence-electron chi connectivity index (χ0n) is 33.3. The molecule has 0 fully saturated rings. The Balaban J connectivity index is 1.16. The summed E-state index contributed by atoms with van der Waals surface area (Å²) in [5, 5.41) is 11.8. The van der Waals surface area contributed by atoms with Crippen LogP contribution in [0.4, 0.5) is 0 Å². The van der Waals surface area contributed by atoms with Crippen LogP contribution in [0.1, 0.15) is 0 Å². The van der Waals surface area contributed by atoms with Gasteiger partial charge in [-0.2, -0.15) is 0 Å². The third kappa shape index (κ3) is 5.42. The Morgan fingerprint density at radius 3 is 1.77 bits per heavy atom. The second kappa shape index (κ2) is 13.8. The first-order valence-electron chi connectivity index (χ1n) is 20.9. The van der Waals surface area contributed by atoms with Crippen molar-refractivity contribution >= 4 is 85.6 Å². The number of benzene rings is 10. The molecule has 5 heteroatoms. The fourth-order valence-electron chi connectivity index (χ4n) is 9.57. The lowest BCUT2D eigenvalue weighted by Crippen LogP contribution is -2.04. The molecule has 0 bridgehead atoms. The molecule has 3 aromatic heterocycles. The minimum absolute atomic E-state index is 0.628. The molecule has 3 heterocycles. The highest BCUT2D eigenvalue weighted by Gasteiger charge is 2.24. The highest BCUT2D eigenvalue weighted by atomic mass is 32.1. The number of thiophene rings is 1. The van der Waals surface area contributed by atoms with E-state index in [9.17, 15) is 0 Å². The number of fused-ring (bicyclic) bond motifs is 9. The van der Waals surface area contributed by atoms with Gasteiger partial charge >= 0.3 is 0 Å². The third-order valence-corrected chi connectivity index (χ3v) is 13.6. The highest BCUT2D eigenvalue weighted by Crippen LogP contribution is 2.46. The molecule has 0 saturated heterocycles. The number of para-hydroxylation sites is 1. The zero-order chi connectivity index (χ0) is 40.7. The third-order valence-electron chi connectivity index (χ3n) is 12.4. The lowest BCUT2D eigenvalue weighted by molar-refractivity contribution is 1.08. The lowest BCUT2D eigenvalue weighted by Gasteiger charge is -2.20. The average Bonchev–Trinajstić information content (AvgIpc) is 3.87. The summed E-state index contributed by atoms with van der Waals surface area (Å²) in [4.78, 5) is 16.1. The maximum atomic E-state index is 5.49. The Morgan fingerprint density at radius 2 is 0.935 bits per heavy atom. The molecule has 0 spiro atoms. The SMILES string of the molecule is c1ccc(-c2nc(-c3ccc4sc5ccccc5c4c3)nc(-c3c(-c4cccc5ccccc45)cc(-n4c5ccccc5c5cc6ccccc6cc54)c4ccccc34)n2)cc1. The van der Waals surface area contributed by atoms with Crippen molar-refractivity contribution in [3.05, 3.63) is 206 Å². The molecule has 0 aliphatic rings. The summed E-state index contributed by atoms with van der Waals surface area (Å²) in [7, 11) is 0. The van der Waals surface area contributed by atoms with Crippen molar-refractivity contribution in [3.8, 4) is 51.0 Å². The van der Waals surface area contributed by atoms with E-state index in [1.54, 1.807) is 0 Å². The fraction of sp³-hybridized carbons (Fsp3) is 0. The standard InChI is InChI=1S/C57H34N4S/c1-2-16-36(17-3-1)55-58-56(39-29-30-53-47(32-39)44-24-11-13-28-52(44)62-53)60-57(59-55)54-45-25-9-8-22-42(45)51(34-48(54)41-26-14-20-35-15-6-7-21-40(35)41)61-49-27-12-10-23-43(49)46-31-37-18-4-5-19-38(37)33-50(46)61/h1-34H. The van der Waals surface area contributed by atoms with Gasteiger partial charge < -0.3 is 4.57 Å². The first kappa shape index (κ1) is 34.8. The van der Waals surface area contributed by atoms with E-state index in [-0.39, 0.29) is 0 Å². The molecule has 13 aromatic rings. The molecule has 0 saturated carbocycles. The molecule has 0 unspecified atom stereocenters. The summed E-state index contributed by atoms with van der Waals surface area (Å²) < 4.78 is 4.97. The largest absolute Gasteiger partial charge is 0.309 e. The van der Waals surface area contributed by atoms with Gasteiger partial charge in [-0.25, -0.2) is 15.0 Å². The van der Waals surface area contributed by atoms with Gasteiger partial charge in [-0.15, -0.1) is 11.3 Å². The summed E-state index contributed by atoms with van der Waals surface area (Å²) in [6.07, 6.45) is 0. The van der Waals surface area contributed by atoms with Gasteiger partial charge in [0.05, 0.1) is 16.7 Å². The molecular weight excluding hydrogens is 773 g/mol. The van der Waals surface area contributed by atoms with Crippen LogP contribution in [-0.2, 0) is 0 Å². The molecule has 13 rings (SSSR count). The summed E-state index contributed by atoms with van der Waals surface area (Å²) in [5.74, 6) is 1.90. The molecule has 62 heavy (non-hydrogen) atoms. The van der Waals surface area contributed by atoms with Gasteiger partial charge in [-0.3, -0.25) is 0 Å². The predicted molar refractivity (Wildman–Crippen MR) is 261 cm³/mol. The normalized spacial score (nSPS) is 11.9. The van der Waals surface area contributed by atoms with E-state index in [1.165, 1.54) is 47.1 Å². The smallest absolute Gasteiger partial charge is 0.165 e. The number of hydrogen-bond acceptors (Lipinski definition) is 4. The number of rotatable bonds is 5. The molecule has 4 nitrogen and oxygen atoms in total. The molecule has 0 amide bonds. The van der Waals surface area contributed by atoms with Crippen LogP contribution >= 0.6 is 11.3 Å². The Hall–Kier alpha value is -7.99. The Morgan fingerprint density at radius 1 is 0.323 bits per heavy atom. The van der Waals surface area contributed by atoms with Gasteiger partial charge in [-0.05, 0) is 86.6 Å². The second-order valence-electron chi connectivity index (χ2n) is 15.9. The van der Waals surface area contributed by atoms with E-state index < -0.39 is 0 Å². The van der Waals surface area contributed by atoms with Crippen molar-refractivity contribution in [2.24, 2.45) is 0 Å². The molecule has 0 atom stereocenters. The molecule has 0 radical (unpaired) electrons. The topological polar surface area (TPSA) is 43.6 Å². The van der Waals surface area contributed by atoms with Gasteiger partial charge in [0.15, 0.2) is 17.5 Å². The Labute approximate surface area is 360 Å². The lowest BCUT2D eigenvalue weighted by atomic mass is 9.89. The van der Waals surface area contributed by atoms with Crippen molar-refractivity contribution in [1.29, 1.82) is 0 Å². The Kier molecular flexibility index (Phi) is 7.74. The van der Waals surface area contributed by atoms with E-state index in [0.717, 1.165) is 60.7 Å². The minimum Gasteiger partial charge on any atom is -0.309 e. The molecule has 288 valence electrons. The molecular formula is C57H34N4S. The minimum atomic E-state index is 0.628. The van der Waals surface area contributed by atoms with Gasteiger partial charge in [0.1, 0.15) is 0 Å². The van der Waals surface area contributed by atoms with Crippen molar-refractivity contribution < 1.29 is 0 Å². The van der Waals surface area contributed by atoms with Gasteiger partial charge in [0.25, 0.3) is 0 Å². The van der Waals surface area contributed by atoms with Crippen LogP contribution in [0.25, 0.3) is 125 Å². The van der Waals surface area contributed by atoms with Gasteiger partial charge in [0, 0.05) is 53.0 Å². The predicted octanol–water partition coefficient (Wildman–Crippen LogP) is 15.5. The molecule has 0 aliphatic carbocycles. The monoisotopic (exact) mass is 806 g/mol. The fourth-order valence-corrected chi connectivity index (χ4v) is 10.7. The average molecular weight is 807 g/mol. The number of aromatic nitrogens is 4. The van der Waals surface area contributed by atoms with Crippen LogP contribution in [0.5, 0.6) is 0 Å². The van der Waals surface area contributed by atoms with Gasteiger partial charge in [-0.1, -0.05) is 158 Å². The first-order valence-corrected chi connectivity index (χ1v) is 21.7. The van der Waals surface area contributed by atoms with E-state index in [0.29, 0.717) is 17.5 Å². The van der Waals surface area contributed by atoms with Crippen molar-refractivity contribution in [2.45, 2.75) is 0 Å². The maximum absolute atomic E-state index is 5.49. The number of nitrogens with zero attached hydrogens (tertiary/aromatic N) is 4. The van der Waals surface area contributed by atoms with Gasteiger partial charge in [0.2, 0.25) is 0 Å². The summed E-state index contributed by atoms with van der Waals surface area (Å²) in [6.45, 7) is 0. The molecule has 0 N–H and O–H groups in total. The summed E-state index contributed by atoms with van der Waals surface area (Å²) >= 11 is 1.81. The summed E-state index contributed by atoms with van der Waals surface area (Å²) in [5.41, 5.74) is 8.44. The van der Waals surface area contributed by atoms with E-state index in [1.807, 2.05) is 29.5 Å². The van der Waals surface area contributed by atoms with Crippen molar-refractivity contribution in [3.63, 3.8) is 0 Å². The van der Waals surface area contributed by atoms with Crippen LogP contribution in [0.3, 0.4) is 0 Å². The summed E-state index contributed by atoms with van der Waals surface area (Å²) in [6, 6.07) is 74.1. The van der Waals surface area contributed by atoms with Crippen LogP contribution < -0.4 is 0 Å². The van der Waals surface area contributed by atoms with Crippen LogP contribution in [0.15, 0.2) is 206 Å². The van der Waals surface area contributed by atoms with Crippen LogP contribution in [0, 0.1) is 0 Å². The molecule has 0 aliphatic heterocycles. The first-order chi connectivity index (χ1) is 30.7. The highest BCUT2D eigenvalue weighted by molar-refractivity contribution is 7.25. The van der Waals surface area contributed by atoms with Crippen molar-refractivity contribution in [2.75, 3.05) is 0 Å². The number of hydrogen-bond donors (Lipinski definition) is 0. The van der Waals surface area contributed by atoms with Crippen LogP contribution in [-0.4, -0.2) is 19.5 Å². The molecule has 10 aromatic carbocycles.